The van der Waals surface area contributed by atoms with E-state index in [2.05, 4.69) is 4.99 Å². The number of alkyl halides is 3. The zero-order valence-electron chi connectivity index (χ0n) is 15.6. The Kier molecular flexibility index (Phi) is 5.14. The van der Waals surface area contributed by atoms with E-state index in [1.807, 2.05) is 0 Å². The van der Waals surface area contributed by atoms with Crippen molar-refractivity contribution in [3.05, 3.63) is 63.6 Å². The van der Waals surface area contributed by atoms with Crippen LogP contribution in [0.2, 0.25) is 0 Å². The zero-order valence-corrected chi connectivity index (χ0v) is 15.6. The smallest absolute Gasteiger partial charge is 0.416 e. The van der Waals surface area contributed by atoms with Crippen molar-refractivity contribution in [1.29, 1.82) is 0 Å². The Morgan fingerprint density at radius 1 is 1.25 bits per heavy atom. The Hall–Kier alpha value is -2.90. The number of pyridine rings is 1. The molecule has 1 aliphatic rings. The molecule has 2 aromatic rings. The molecule has 8 heteroatoms. The minimum absolute atomic E-state index is 0.0605. The van der Waals surface area contributed by atoms with Crippen LogP contribution in [0.1, 0.15) is 36.5 Å². The summed E-state index contributed by atoms with van der Waals surface area (Å²) in [6, 6.07) is 6.55. The molecule has 0 spiro atoms. The van der Waals surface area contributed by atoms with Crippen LogP contribution < -0.4 is 5.56 Å². The second-order valence-electron chi connectivity index (χ2n) is 6.58. The van der Waals surface area contributed by atoms with Crippen LogP contribution >= 0.6 is 0 Å². The van der Waals surface area contributed by atoms with Gasteiger partial charge in [0.05, 0.1) is 23.4 Å². The first kappa shape index (κ1) is 19.9. The van der Waals surface area contributed by atoms with E-state index in [9.17, 15) is 22.8 Å². The zero-order chi connectivity index (χ0) is 20.6. The van der Waals surface area contributed by atoms with Crippen molar-refractivity contribution >= 4 is 17.4 Å². The molecule has 0 aliphatic carbocycles. The van der Waals surface area contributed by atoms with Gasteiger partial charge >= 0.3 is 12.1 Å². The average Bonchev–Trinajstić information content (AvgIpc) is 2.63. The number of aromatic nitrogens is 1. The fraction of sp³-hybridized carbons (Fsp3) is 0.350. The van der Waals surface area contributed by atoms with Gasteiger partial charge in [-0.1, -0.05) is 18.2 Å². The molecular weight excluding hydrogens is 373 g/mol. The summed E-state index contributed by atoms with van der Waals surface area (Å²) >= 11 is 0. The van der Waals surface area contributed by atoms with Crippen molar-refractivity contribution in [2.24, 2.45) is 18.0 Å². The molecule has 2 atom stereocenters. The van der Waals surface area contributed by atoms with Gasteiger partial charge in [-0.15, -0.1) is 0 Å². The monoisotopic (exact) mass is 392 g/mol. The van der Waals surface area contributed by atoms with E-state index in [1.54, 1.807) is 19.9 Å². The van der Waals surface area contributed by atoms with Gasteiger partial charge in [0.2, 0.25) is 0 Å². The predicted molar refractivity (Wildman–Crippen MR) is 97.9 cm³/mol. The number of hydrogen-bond donors (Lipinski definition) is 0. The van der Waals surface area contributed by atoms with E-state index < -0.39 is 35.1 Å². The normalized spacial score (nSPS) is 19.0. The SMILES string of the molecule is CCOC(=O)C1C(C)=Nc2ccn(C)c(=O)c2C1c1ccccc1C(F)(F)F. The van der Waals surface area contributed by atoms with Crippen molar-refractivity contribution < 1.29 is 22.7 Å². The van der Waals surface area contributed by atoms with E-state index in [-0.39, 0.29) is 23.4 Å². The minimum atomic E-state index is -4.64. The summed E-state index contributed by atoms with van der Waals surface area (Å²) in [7, 11) is 1.50. The molecule has 2 heterocycles. The van der Waals surface area contributed by atoms with Gasteiger partial charge in [0.1, 0.15) is 5.92 Å². The highest BCUT2D eigenvalue weighted by atomic mass is 19.4. The predicted octanol–water partition coefficient (Wildman–Crippen LogP) is 3.82. The highest BCUT2D eigenvalue weighted by Gasteiger charge is 2.44. The molecule has 0 N–H and O–H groups in total. The summed E-state index contributed by atoms with van der Waals surface area (Å²) in [5, 5.41) is 0. The molecule has 2 unspecified atom stereocenters. The number of hydrogen-bond acceptors (Lipinski definition) is 4. The topological polar surface area (TPSA) is 60.7 Å². The molecule has 0 amide bonds. The molecule has 0 fully saturated rings. The van der Waals surface area contributed by atoms with Crippen LogP contribution in [-0.2, 0) is 22.8 Å². The molecule has 0 saturated carbocycles. The number of fused-ring (bicyclic) bond motifs is 1. The molecule has 148 valence electrons. The Morgan fingerprint density at radius 3 is 2.57 bits per heavy atom. The number of halogens is 3. The number of carbonyl (C=O) groups excluding carboxylic acids is 1. The number of rotatable bonds is 3. The van der Waals surface area contributed by atoms with Gasteiger partial charge in [-0.2, -0.15) is 13.2 Å². The van der Waals surface area contributed by atoms with E-state index in [0.29, 0.717) is 5.71 Å². The second kappa shape index (κ2) is 7.26. The van der Waals surface area contributed by atoms with Crippen molar-refractivity contribution in [3.8, 4) is 0 Å². The third-order valence-corrected chi connectivity index (χ3v) is 4.82. The van der Waals surface area contributed by atoms with Gasteiger partial charge in [-0.05, 0) is 31.5 Å². The Morgan fingerprint density at radius 2 is 1.93 bits per heavy atom. The molecule has 3 rings (SSSR count). The van der Waals surface area contributed by atoms with Crippen molar-refractivity contribution in [2.75, 3.05) is 6.61 Å². The standard InChI is InChI=1S/C20H19F3N2O3/c1-4-28-19(27)15-11(2)24-14-9-10-25(3)18(26)17(14)16(15)12-7-5-6-8-13(12)20(21,22)23/h5-10,15-16H,4H2,1-3H3. The van der Waals surface area contributed by atoms with Gasteiger partial charge in [-0.3, -0.25) is 14.6 Å². The van der Waals surface area contributed by atoms with E-state index in [0.717, 1.165) is 6.07 Å². The van der Waals surface area contributed by atoms with Gasteiger partial charge in [0.15, 0.2) is 0 Å². The lowest BCUT2D eigenvalue weighted by Gasteiger charge is -2.32. The molecule has 5 nitrogen and oxygen atoms in total. The third kappa shape index (κ3) is 3.34. The quantitative estimate of drug-likeness (QED) is 0.746. The van der Waals surface area contributed by atoms with Crippen molar-refractivity contribution in [2.45, 2.75) is 25.9 Å². The first-order valence-corrected chi connectivity index (χ1v) is 8.74. The maximum atomic E-state index is 13.7. The van der Waals surface area contributed by atoms with Crippen LogP contribution in [0.5, 0.6) is 0 Å². The summed E-state index contributed by atoms with van der Waals surface area (Å²) in [5.74, 6) is -2.97. The van der Waals surface area contributed by atoms with Crippen LogP contribution in [-0.4, -0.2) is 22.9 Å². The largest absolute Gasteiger partial charge is 0.465 e. The van der Waals surface area contributed by atoms with E-state index >= 15 is 0 Å². The summed E-state index contributed by atoms with van der Waals surface area (Å²) in [6.45, 7) is 3.24. The third-order valence-electron chi connectivity index (χ3n) is 4.82. The maximum Gasteiger partial charge on any atom is 0.416 e. The number of esters is 1. The number of ether oxygens (including phenoxy) is 1. The Bertz CT molecular complexity index is 1010. The van der Waals surface area contributed by atoms with Crippen LogP contribution in [0, 0.1) is 5.92 Å². The Balaban J connectivity index is 2.35. The fourth-order valence-electron chi connectivity index (χ4n) is 3.60. The molecule has 1 aromatic heterocycles. The molecule has 0 bridgehead atoms. The van der Waals surface area contributed by atoms with Gasteiger partial charge in [-0.25, -0.2) is 0 Å². The van der Waals surface area contributed by atoms with E-state index in [1.165, 1.54) is 36.0 Å². The van der Waals surface area contributed by atoms with Gasteiger partial charge in [0.25, 0.3) is 5.56 Å². The number of aliphatic imine (C=N–C) groups is 1. The lowest BCUT2D eigenvalue weighted by Crippen LogP contribution is -2.38. The summed E-state index contributed by atoms with van der Waals surface area (Å²) in [4.78, 5) is 29.8. The lowest BCUT2D eigenvalue weighted by molar-refractivity contribution is -0.147. The van der Waals surface area contributed by atoms with Crippen molar-refractivity contribution in [1.82, 2.24) is 4.57 Å². The molecule has 0 radical (unpaired) electrons. The number of carbonyl (C=O) groups is 1. The first-order valence-electron chi connectivity index (χ1n) is 8.74. The van der Waals surface area contributed by atoms with Crippen LogP contribution in [0.25, 0.3) is 0 Å². The van der Waals surface area contributed by atoms with Gasteiger partial charge < -0.3 is 9.30 Å². The average molecular weight is 392 g/mol. The molecule has 28 heavy (non-hydrogen) atoms. The first-order chi connectivity index (χ1) is 13.2. The molecule has 1 aromatic carbocycles. The minimum Gasteiger partial charge on any atom is -0.465 e. The molecular formula is C20H19F3N2O3. The summed E-state index contributed by atoms with van der Waals surface area (Å²) in [5.41, 5.74) is -0.896. The Labute approximate surface area is 159 Å². The highest BCUT2D eigenvalue weighted by Crippen LogP contribution is 2.45. The lowest BCUT2D eigenvalue weighted by atomic mass is 9.75. The number of benzene rings is 1. The van der Waals surface area contributed by atoms with Crippen molar-refractivity contribution in [3.63, 3.8) is 0 Å². The maximum absolute atomic E-state index is 13.7. The van der Waals surface area contributed by atoms with Crippen LogP contribution in [0.4, 0.5) is 18.9 Å². The van der Waals surface area contributed by atoms with E-state index in [4.69, 9.17) is 4.74 Å². The highest BCUT2D eigenvalue weighted by molar-refractivity contribution is 6.05. The van der Waals surface area contributed by atoms with Gasteiger partial charge in [0, 0.05) is 24.9 Å². The fourth-order valence-corrected chi connectivity index (χ4v) is 3.60. The molecule has 0 saturated heterocycles. The molecule has 1 aliphatic heterocycles. The number of aryl methyl sites for hydroxylation is 1. The second-order valence-corrected chi connectivity index (χ2v) is 6.58. The van der Waals surface area contributed by atoms with Crippen LogP contribution in [0.15, 0.2) is 46.3 Å². The van der Waals surface area contributed by atoms with Crippen LogP contribution in [0.3, 0.4) is 0 Å². The number of nitrogens with zero attached hydrogens (tertiary/aromatic N) is 2. The summed E-state index contributed by atoms with van der Waals surface area (Å²) < 4.78 is 47.5. The summed E-state index contributed by atoms with van der Waals surface area (Å²) in [6.07, 6.45) is -3.15.